The first-order chi connectivity index (χ1) is 11.1. The Bertz CT molecular complexity index is 625. The van der Waals surface area contributed by atoms with E-state index in [1.807, 2.05) is 24.3 Å². The highest BCUT2D eigenvalue weighted by atomic mass is 35.5. The Morgan fingerprint density at radius 1 is 1.20 bits per heavy atom. The van der Waals surface area contributed by atoms with Gasteiger partial charge in [-0.25, -0.2) is 0 Å². The lowest BCUT2D eigenvalue weighted by molar-refractivity contribution is 0.284. The molecule has 1 N–H and O–H groups in total. The maximum absolute atomic E-state index is 6.37. The number of nitrogens with zero attached hydrogens (tertiary/aromatic N) is 1. The van der Waals surface area contributed by atoms with Gasteiger partial charge in [-0.2, -0.15) is 0 Å². The Morgan fingerprint density at radius 2 is 1.96 bits per heavy atom. The zero-order chi connectivity index (χ0) is 16.7. The van der Waals surface area contributed by atoms with Crippen LogP contribution in [0.1, 0.15) is 25.0 Å². The summed E-state index contributed by atoms with van der Waals surface area (Å²) in [6.07, 6.45) is 3.50. The van der Waals surface area contributed by atoms with E-state index in [4.69, 9.17) is 21.1 Å². The van der Waals surface area contributed by atoms with E-state index in [9.17, 15) is 0 Å². The van der Waals surface area contributed by atoms with Crippen LogP contribution in [0.4, 0.5) is 0 Å². The molecule has 2 rings (SSSR count). The number of aromatic nitrogens is 1. The molecule has 0 saturated heterocycles. The molecule has 0 aliphatic rings. The molecule has 0 aliphatic heterocycles. The zero-order valence-electron chi connectivity index (χ0n) is 14.6. The van der Waals surface area contributed by atoms with E-state index < -0.39 is 0 Å². The van der Waals surface area contributed by atoms with Crippen LogP contribution < -0.4 is 14.8 Å². The van der Waals surface area contributed by atoms with E-state index in [-0.39, 0.29) is 24.8 Å². The third-order valence-corrected chi connectivity index (χ3v) is 3.56. The minimum Gasteiger partial charge on any atom is -0.493 e. The van der Waals surface area contributed by atoms with Crippen molar-refractivity contribution in [2.75, 3.05) is 13.7 Å². The van der Waals surface area contributed by atoms with Crippen molar-refractivity contribution in [3.05, 3.63) is 52.8 Å². The van der Waals surface area contributed by atoms with Gasteiger partial charge in [0.25, 0.3) is 0 Å². The van der Waals surface area contributed by atoms with E-state index in [0.717, 1.165) is 24.2 Å². The van der Waals surface area contributed by atoms with Crippen LogP contribution in [0.2, 0.25) is 5.02 Å². The van der Waals surface area contributed by atoms with Crippen molar-refractivity contribution in [2.45, 2.75) is 27.0 Å². The number of hydrogen-bond donors (Lipinski definition) is 1. The van der Waals surface area contributed by atoms with Crippen LogP contribution in [0.25, 0.3) is 0 Å². The predicted molar refractivity (Wildman–Crippen MR) is 108 cm³/mol. The smallest absolute Gasteiger partial charge is 0.180 e. The monoisotopic (exact) mass is 406 g/mol. The third-order valence-electron chi connectivity index (χ3n) is 3.28. The Morgan fingerprint density at radius 3 is 2.56 bits per heavy atom. The van der Waals surface area contributed by atoms with Crippen LogP contribution in [0, 0.1) is 5.92 Å². The molecule has 0 amide bonds. The number of benzene rings is 1. The molecule has 2 aromatic rings. The maximum atomic E-state index is 6.37. The molecule has 25 heavy (non-hydrogen) atoms. The molecule has 4 nitrogen and oxygen atoms in total. The molecule has 7 heteroatoms. The molecule has 0 fully saturated rings. The highest BCUT2D eigenvalue weighted by Crippen LogP contribution is 2.36. The highest BCUT2D eigenvalue weighted by Gasteiger charge is 2.12. The lowest BCUT2D eigenvalue weighted by Crippen LogP contribution is -2.19. The average Bonchev–Trinajstić information content (AvgIpc) is 2.54. The minimum absolute atomic E-state index is 0. The van der Waals surface area contributed by atoms with E-state index in [0.29, 0.717) is 29.0 Å². The summed E-state index contributed by atoms with van der Waals surface area (Å²) < 4.78 is 11.3. The van der Waals surface area contributed by atoms with Gasteiger partial charge < -0.3 is 14.8 Å². The van der Waals surface area contributed by atoms with E-state index in [1.54, 1.807) is 19.5 Å². The van der Waals surface area contributed by atoms with Crippen molar-refractivity contribution in [3.8, 4) is 11.5 Å². The summed E-state index contributed by atoms with van der Waals surface area (Å²) in [7, 11) is 1.62. The number of halogens is 3. The Labute approximate surface area is 167 Å². The number of nitrogens with one attached hydrogen (secondary N) is 1. The van der Waals surface area contributed by atoms with Gasteiger partial charge in [0.1, 0.15) is 6.61 Å². The lowest BCUT2D eigenvalue weighted by atomic mass is 10.1. The normalized spacial score (nSPS) is 9.96. The van der Waals surface area contributed by atoms with E-state index >= 15 is 0 Å². The summed E-state index contributed by atoms with van der Waals surface area (Å²) in [4.78, 5) is 4.07. The summed E-state index contributed by atoms with van der Waals surface area (Å²) in [5.74, 6) is 1.81. The van der Waals surface area contributed by atoms with Gasteiger partial charge in [-0.1, -0.05) is 31.5 Å². The van der Waals surface area contributed by atoms with Crippen molar-refractivity contribution in [1.29, 1.82) is 0 Å². The first-order valence-corrected chi connectivity index (χ1v) is 8.06. The molecule has 0 spiro atoms. The molecule has 0 radical (unpaired) electrons. The molecular weight excluding hydrogens is 383 g/mol. The zero-order valence-corrected chi connectivity index (χ0v) is 17.0. The highest BCUT2D eigenvalue weighted by molar-refractivity contribution is 6.32. The molecule has 1 aromatic carbocycles. The molecule has 1 aromatic heterocycles. The Hall–Kier alpha value is -1.20. The lowest BCUT2D eigenvalue weighted by Gasteiger charge is -2.15. The predicted octanol–water partition coefficient (Wildman–Crippen LogP) is 4.91. The van der Waals surface area contributed by atoms with Gasteiger partial charge in [0.05, 0.1) is 12.1 Å². The first-order valence-electron chi connectivity index (χ1n) is 7.69. The third kappa shape index (κ3) is 7.70. The number of hydrogen-bond acceptors (Lipinski definition) is 4. The van der Waals surface area contributed by atoms with Gasteiger partial charge in [-0.3, -0.25) is 4.98 Å². The topological polar surface area (TPSA) is 43.4 Å². The average molecular weight is 408 g/mol. The number of methoxy groups -OCH3 is 1. The van der Waals surface area contributed by atoms with Crippen LogP contribution in [0.15, 0.2) is 36.7 Å². The maximum Gasteiger partial charge on any atom is 0.180 e. The molecule has 0 aliphatic carbocycles. The fraction of sp³-hybridized carbons (Fsp3) is 0.389. The van der Waals surface area contributed by atoms with Gasteiger partial charge in [-0.05, 0) is 36.2 Å². The van der Waals surface area contributed by atoms with Crippen LogP contribution >= 0.6 is 36.4 Å². The molecule has 0 saturated carbocycles. The second-order valence-electron chi connectivity index (χ2n) is 5.78. The van der Waals surface area contributed by atoms with Crippen LogP contribution in [-0.4, -0.2) is 18.6 Å². The summed E-state index contributed by atoms with van der Waals surface area (Å²) in [5.41, 5.74) is 2.05. The Balaban J connectivity index is 0.00000288. The SMILES string of the molecule is COc1cc(CNCC(C)C)cc(Cl)c1OCc1cccnc1.Cl.Cl. The second kappa shape index (κ2) is 12.2. The number of ether oxygens (including phenoxy) is 2. The van der Waals surface area contributed by atoms with Crippen LogP contribution in [0.3, 0.4) is 0 Å². The summed E-state index contributed by atoms with van der Waals surface area (Å²) >= 11 is 6.37. The van der Waals surface area contributed by atoms with Crippen LogP contribution in [0.5, 0.6) is 11.5 Å². The van der Waals surface area contributed by atoms with Crippen molar-refractivity contribution in [2.24, 2.45) is 5.92 Å². The summed E-state index contributed by atoms with van der Waals surface area (Å²) in [6.45, 7) is 6.46. The van der Waals surface area contributed by atoms with Gasteiger partial charge in [-0.15, -0.1) is 24.8 Å². The first kappa shape index (κ1) is 23.8. The van der Waals surface area contributed by atoms with Gasteiger partial charge >= 0.3 is 0 Å². The van der Waals surface area contributed by atoms with Crippen molar-refractivity contribution in [1.82, 2.24) is 10.3 Å². The molecular formula is C18H25Cl3N2O2. The molecule has 0 bridgehead atoms. The molecule has 1 heterocycles. The summed E-state index contributed by atoms with van der Waals surface area (Å²) in [5, 5.41) is 3.94. The summed E-state index contributed by atoms with van der Waals surface area (Å²) in [6, 6.07) is 7.70. The molecule has 0 unspecified atom stereocenters. The van der Waals surface area contributed by atoms with E-state index in [2.05, 4.69) is 24.1 Å². The van der Waals surface area contributed by atoms with Gasteiger partial charge in [0.15, 0.2) is 11.5 Å². The standard InChI is InChI=1S/C18H23ClN2O2.2ClH/c1-13(2)9-21-11-15-7-16(19)18(17(8-15)22-3)23-12-14-5-4-6-20-10-14;;/h4-8,10,13,21H,9,11-12H2,1-3H3;2*1H. The van der Waals surface area contributed by atoms with Crippen molar-refractivity contribution >= 4 is 36.4 Å². The van der Waals surface area contributed by atoms with Crippen molar-refractivity contribution < 1.29 is 9.47 Å². The fourth-order valence-corrected chi connectivity index (χ4v) is 2.45. The molecule has 0 atom stereocenters. The largest absolute Gasteiger partial charge is 0.493 e. The Kier molecular flexibility index (Phi) is 11.6. The minimum atomic E-state index is 0. The molecule has 140 valence electrons. The van der Waals surface area contributed by atoms with Gasteiger partial charge in [0, 0.05) is 24.5 Å². The number of pyridine rings is 1. The number of rotatable bonds is 8. The fourth-order valence-electron chi connectivity index (χ4n) is 2.16. The van der Waals surface area contributed by atoms with Gasteiger partial charge in [0.2, 0.25) is 0 Å². The quantitative estimate of drug-likeness (QED) is 0.675. The van der Waals surface area contributed by atoms with Crippen LogP contribution in [-0.2, 0) is 13.2 Å². The second-order valence-corrected chi connectivity index (χ2v) is 6.19. The van der Waals surface area contributed by atoms with E-state index in [1.165, 1.54) is 0 Å². The van der Waals surface area contributed by atoms with Crippen molar-refractivity contribution in [3.63, 3.8) is 0 Å².